The minimum absolute atomic E-state index is 0.157. The highest BCUT2D eigenvalue weighted by atomic mass is 35.5. The minimum Gasteiger partial charge on any atom is -0.504 e. The van der Waals surface area contributed by atoms with Crippen LogP contribution in [-0.2, 0) is 13.0 Å². The molecular formula is C17H20ClNO3. The molecule has 0 aliphatic rings. The van der Waals surface area contributed by atoms with Crippen molar-refractivity contribution < 1.29 is 14.6 Å². The maximum Gasteiger partial charge on any atom is 0.164 e. The molecule has 0 saturated heterocycles. The van der Waals surface area contributed by atoms with Crippen molar-refractivity contribution in [3.63, 3.8) is 0 Å². The number of aromatic hydroxyl groups is 1. The zero-order chi connectivity index (χ0) is 15.9. The number of phenols is 1. The zero-order valence-electron chi connectivity index (χ0n) is 12.7. The van der Waals surface area contributed by atoms with Crippen LogP contribution in [0.1, 0.15) is 11.1 Å². The molecule has 0 saturated carbocycles. The summed E-state index contributed by atoms with van der Waals surface area (Å²) in [5, 5.41) is 13.7. The highest BCUT2D eigenvalue weighted by Gasteiger charge is 2.07. The third-order valence-corrected chi connectivity index (χ3v) is 3.71. The molecule has 0 aliphatic heterocycles. The highest BCUT2D eigenvalue weighted by molar-refractivity contribution is 6.32. The van der Waals surface area contributed by atoms with Crippen molar-refractivity contribution in [3.05, 3.63) is 52.5 Å². The lowest BCUT2D eigenvalue weighted by Crippen LogP contribution is -2.17. The highest BCUT2D eigenvalue weighted by Crippen LogP contribution is 2.29. The summed E-state index contributed by atoms with van der Waals surface area (Å²) < 4.78 is 10.4. The van der Waals surface area contributed by atoms with E-state index < -0.39 is 0 Å². The van der Waals surface area contributed by atoms with E-state index in [0.29, 0.717) is 23.1 Å². The third-order valence-electron chi connectivity index (χ3n) is 3.40. The van der Waals surface area contributed by atoms with E-state index in [1.54, 1.807) is 26.4 Å². The van der Waals surface area contributed by atoms with Crippen molar-refractivity contribution in [3.8, 4) is 17.2 Å². The van der Waals surface area contributed by atoms with Crippen molar-refractivity contribution in [1.29, 1.82) is 0 Å². The number of halogens is 1. The smallest absolute Gasteiger partial charge is 0.164 e. The first-order chi connectivity index (χ1) is 10.7. The van der Waals surface area contributed by atoms with Crippen LogP contribution in [0.2, 0.25) is 5.02 Å². The van der Waals surface area contributed by atoms with Crippen molar-refractivity contribution in [1.82, 2.24) is 5.32 Å². The van der Waals surface area contributed by atoms with E-state index in [-0.39, 0.29) is 5.75 Å². The Morgan fingerprint density at radius 1 is 1.14 bits per heavy atom. The number of methoxy groups -OCH3 is 2. The second-order valence-electron chi connectivity index (χ2n) is 4.87. The molecule has 0 radical (unpaired) electrons. The van der Waals surface area contributed by atoms with E-state index in [2.05, 4.69) is 5.32 Å². The van der Waals surface area contributed by atoms with Gasteiger partial charge in [-0.25, -0.2) is 0 Å². The van der Waals surface area contributed by atoms with Gasteiger partial charge in [0, 0.05) is 12.1 Å². The molecule has 2 N–H and O–H groups in total. The van der Waals surface area contributed by atoms with Crippen LogP contribution in [0.25, 0.3) is 0 Å². The number of rotatable bonds is 7. The molecule has 0 bridgehead atoms. The quantitative estimate of drug-likeness (QED) is 0.767. The Balaban J connectivity index is 1.89. The molecule has 0 atom stereocenters. The standard InChI is InChI=1S/C17H20ClNO3/c1-21-16-10-12(6-7-14(16)18)8-9-19-11-13-4-3-5-15(20)17(13)22-2/h3-7,10,19-20H,8-9,11H2,1-2H3. The van der Waals surface area contributed by atoms with E-state index in [9.17, 15) is 5.11 Å². The maximum atomic E-state index is 9.73. The van der Waals surface area contributed by atoms with E-state index in [0.717, 1.165) is 24.1 Å². The average Bonchev–Trinajstić information content (AvgIpc) is 2.53. The Kier molecular flexibility index (Phi) is 5.92. The van der Waals surface area contributed by atoms with Crippen LogP contribution in [-0.4, -0.2) is 25.9 Å². The summed E-state index contributed by atoms with van der Waals surface area (Å²) in [4.78, 5) is 0. The number of nitrogens with one attached hydrogen (secondary N) is 1. The van der Waals surface area contributed by atoms with Crippen LogP contribution in [0.3, 0.4) is 0 Å². The fourth-order valence-electron chi connectivity index (χ4n) is 2.26. The molecule has 0 unspecified atom stereocenters. The SMILES string of the molecule is COc1cc(CCNCc2cccc(O)c2OC)ccc1Cl. The van der Waals surface area contributed by atoms with Gasteiger partial charge in [0.25, 0.3) is 0 Å². The average molecular weight is 322 g/mol. The van der Waals surface area contributed by atoms with Crippen LogP contribution in [0.5, 0.6) is 17.2 Å². The predicted octanol–water partition coefficient (Wildman–Crippen LogP) is 3.40. The fraction of sp³-hybridized carbons (Fsp3) is 0.294. The second-order valence-corrected chi connectivity index (χ2v) is 5.27. The van der Waals surface area contributed by atoms with E-state index in [1.165, 1.54) is 0 Å². The normalized spacial score (nSPS) is 10.5. The molecule has 0 aromatic heterocycles. The van der Waals surface area contributed by atoms with Gasteiger partial charge in [-0.1, -0.05) is 29.8 Å². The van der Waals surface area contributed by atoms with Gasteiger partial charge in [0.2, 0.25) is 0 Å². The topological polar surface area (TPSA) is 50.7 Å². The van der Waals surface area contributed by atoms with E-state index in [1.807, 2.05) is 24.3 Å². The van der Waals surface area contributed by atoms with Crippen LogP contribution in [0, 0.1) is 0 Å². The molecular weight excluding hydrogens is 302 g/mol. The van der Waals surface area contributed by atoms with Gasteiger partial charge in [-0.15, -0.1) is 0 Å². The monoisotopic (exact) mass is 321 g/mol. The molecule has 0 spiro atoms. The third kappa shape index (κ3) is 4.06. The van der Waals surface area contributed by atoms with Gasteiger partial charge in [-0.3, -0.25) is 0 Å². The lowest BCUT2D eigenvalue weighted by molar-refractivity contribution is 0.368. The largest absolute Gasteiger partial charge is 0.504 e. The molecule has 118 valence electrons. The summed E-state index contributed by atoms with van der Waals surface area (Å²) in [7, 11) is 3.16. The number of phenolic OH excluding ortho intramolecular Hbond substituents is 1. The van der Waals surface area contributed by atoms with Crippen LogP contribution < -0.4 is 14.8 Å². The van der Waals surface area contributed by atoms with Crippen molar-refractivity contribution in [2.24, 2.45) is 0 Å². The molecule has 2 aromatic carbocycles. The summed E-state index contributed by atoms with van der Waals surface area (Å²) in [6.07, 6.45) is 0.856. The van der Waals surface area contributed by atoms with Gasteiger partial charge in [0.15, 0.2) is 11.5 Å². The summed E-state index contributed by atoms with van der Waals surface area (Å²) >= 11 is 6.01. The first-order valence-corrected chi connectivity index (χ1v) is 7.41. The van der Waals surface area contributed by atoms with Gasteiger partial charge in [-0.2, -0.15) is 0 Å². The van der Waals surface area contributed by atoms with E-state index in [4.69, 9.17) is 21.1 Å². The van der Waals surface area contributed by atoms with Crippen molar-refractivity contribution in [2.75, 3.05) is 20.8 Å². The first-order valence-electron chi connectivity index (χ1n) is 7.03. The molecule has 0 fully saturated rings. The molecule has 0 aliphatic carbocycles. The number of hydrogen-bond acceptors (Lipinski definition) is 4. The predicted molar refractivity (Wildman–Crippen MR) is 88.1 cm³/mol. The number of benzene rings is 2. The van der Waals surface area contributed by atoms with Crippen LogP contribution in [0.15, 0.2) is 36.4 Å². The first kappa shape index (κ1) is 16.5. The Morgan fingerprint density at radius 2 is 1.95 bits per heavy atom. The minimum atomic E-state index is 0.157. The molecule has 0 amide bonds. The Hall–Kier alpha value is -1.91. The maximum absolute atomic E-state index is 9.73. The molecule has 2 rings (SSSR count). The van der Waals surface area contributed by atoms with Crippen molar-refractivity contribution in [2.45, 2.75) is 13.0 Å². The summed E-state index contributed by atoms with van der Waals surface area (Å²) in [6, 6.07) is 11.1. The van der Waals surface area contributed by atoms with Gasteiger partial charge in [0.05, 0.1) is 19.2 Å². The summed E-state index contributed by atoms with van der Waals surface area (Å²) in [6.45, 7) is 1.42. The van der Waals surface area contributed by atoms with Gasteiger partial charge < -0.3 is 19.9 Å². The summed E-state index contributed by atoms with van der Waals surface area (Å²) in [5.41, 5.74) is 2.08. The molecule has 2 aromatic rings. The van der Waals surface area contributed by atoms with Crippen molar-refractivity contribution >= 4 is 11.6 Å². The molecule has 4 nitrogen and oxygen atoms in total. The zero-order valence-corrected chi connectivity index (χ0v) is 13.5. The lowest BCUT2D eigenvalue weighted by atomic mass is 10.1. The number of ether oxygens (including phenoxy) is 2. The second kappa shape index (κ2) is 7.92. The van der Waals surface area contributed by atoms with Gasteiger partial charge in [0.1, 0.15) is 5.75 Å². The van der Waals surface area contributed by atoms with E-state index >= 15 is 0 Å². The Morgan fingerprint density at radius 3 is 2.68 bits per heavy atom. The summed E-state index contributed by atoms with van der Waals surface area (Å²) in [5.74, 6) is 1.36. The van der Waals surface area contributed by atoms with Gasteiger partial charge in [-0.05, 0) is 36.7 Å². The fourth-order valence-corrected chi connectivity index (χ4v) is 2.46. The molecule has 5 heteroatoms. The van der Waals surface area contributed by atoms with Crippen LogP contribution >= 0.6 is 11.6 Å². The Bertz CT molecular complexity index is 631. The van der Waals surface area contributed by atoms with Crippen LogP contribution in [0.4, 0.5) is 0 Å². The van der Waals surface area contributed by atoms with Gasteiger partial charge >= 0.3 is 0 Å². The molecule has 22 heavy (non-hydrogen) atoms. The number of para-hydroxylation sites is 1. The Labute approximate surface area is 135 Å². The number of hydrogen-bond donors (Lipinski definition) is 2. The molecule has 0 heterocycles. The lowest BCUT2D eigenvalue weighted by Gasteiger charge is -2.11.